The summed E-state index contributed by atoms with van der Waals surface area (Å²) in [4.78, 5) is 0. The van der Waals surface area contributed by atoms with Gasteiger partial charge in [-0.05, 0) is 219 Å². The van der Waals surface area contributed by atoms with E-state index in [1.165, 1.54) is 136 Å². The zero-order chi connectivity index (χ0) is 42.7. The largest absolute Gasteiger partial charge is 0.216 e. The van der Waals surface area contributed by atoms with Crippen LogP contribution in [-0.4, -0.2) is 14.3 Å². The molecule has 0 heterocycles. The summed E-state index contributed by atoms with van der Waals surface area (Å²) in [5.41, 5.74) is 21.4. The maximum Gasteiger partial charge on any atom is -0.00409 e. The van der Waals surface area contributed by atoms with Crippen LogP contribution in [0.3, 0.4) is 0 Å². The molecular formula is C56H93B2-. The second kappa shape index (κ2) is 16.4. The molecule has 0 aliphatic heterocycles. The van der Waals surface area contributed by atoms with Gasteiger partial charge in [0.05, 0.1) is 0 Å². The van der Waals surface area contributed by atoms with E-state index in [-0.39, 0.29) is 0 Å². The van der Waals surface area contributed by atoms with Crippen LogP contribution in [0.2, 0.25) is 0 Å². The van der Waals surface area contributed by atoms with Crippen molar-refractivity contribution in [2.45, 2.75) is 283 Å². The Morgan fingerprint density at radius 3 is 0.759 bits per heavy atom. The van der Waals surface area contributed by atoms with Gasteiger partial charge >= 0.3 is 0 Å². The van der Waals surface area contributed by atoms with Gasteiger partial charge < -0.3 is 0 Å². The molecule has 0 amide bonds. The fraction of sp³-hybridized carbons (Fsp3) is 0.786. The molecule has 4 aliphatic carbocycles. The van der Waals surface area contributed by atoms with Gasteiger partial charge in [-0.25, -0.2) is 5.46 Å². The Morgan fingerprint density at radius 1 is 0.328 bits per heavy atom. The smallest absolute Gasteiger partial charge is 0.00409 e. The standard InChI is InChI=1S/C56H93B2/c1-17-49(18-2)35-53(25-9,26-10)43-39(49)33-40-44(54(27-11,28-12)36-50(40,19-3)20-4)47(43)57-58-48-45-41(51(21-5,22-6)37-55(45,29-13)30-14)34-42-46(48)56(31-15,32-16)38-52(42,23-7)24-8/h33-34,57H,17-32,35-38,58H2,1-16H3/q-1. The van der Waals surface area contributed by atoms with Crippen molar-refractivity contribution in [2.24, 2.45) is 0 Å². The molecule has 324 valence electrons. The molecule has 0 spiro atoms. The van der Waals surface area contributed by atoms with Crippen molar-refractivity contribution in [3.63, 3.8) is 0 Å². The molecule has 0 atom stereocenters. The van der Waals surface area contributed by atoms with Gasteiger partial charge in [0, 0.05) is 0 Å². The first-order valence-corrected chi connectivity index (χ1v) is 26.5. The van der Waals surface area contributed by atoms with E-state index in [1.807, 2.05) is 55.4 Å². The Bertz CT molecular complexity index is 1520. The van der Waals surface area contributed by atoms with Crippen LogP contribution in [-0.2, 0) is 43.3 Å². The fourth-order valence-corrected chi connectivity index (χ4v) is 17.1. The Morgan fingerprint density at radius 2 is 0.534 bits per heavy atom. The summed E-state index contributed by atoms with van der Waals surface area (Å²) in [6.07, 6.45) is 26.0. The molecule has 6 rings (SSSR count). The molecule has 0 bridgehead atoms. The first kappa shape index (κ1) is 46.1. The van der Waals surface area contributed by atoms with Gasteiger partial charge in [0.2, 0.25) is 0 Å². The van der Waals surface area contributed by atoms with Crippen LogP contribution >= 0.6 is 0 Å². The SMILES string of the molecule is CCC1(CC)CC(CC)(CC)c2c1cc1c(c2B[BH2-]c2c3c(cc4c2C(CC)(CC)CC4(CC)CC)C(CC)(CC)CC3(CC)CC)C(CC)(CC)CC1(CC)CC. The van der Waals surface area contributed by atoms with Crippen LogP contribution < -0.4 is 10.9 Å². The van der Waals surface area contributed by atoms with Crippen molar-refractivity contribution in [1.29, 1.82) is 0 Å². The molecule has 0 saturated carbocycles. The predicted molar refractivity (Wildman–Crippen MR) is 264 cm³/mol. The van der Waals surface area contributed by atoms with E-state index in [9.17, 15) is 0 Å². The van der Waals surface area contributed by atoms with Crippen molar-refractivity contribution in [2.75, 3.05) is 0 Å². The van der Waals surface area contributed by atoms with Crippen molar-refractivity contribution < 1.29 is 0 Å². The second-order valence-electron chi connectivity index (χ2n) is 21.9. The number of rotatable bonds is 19. The van der Waals surface area contributed by atoms with Crippen LogP contribution in [0.5, 0.6) is 0 Å². The molecular weight excluding hydrogens is 694 g/mol. The lowest BCUT2D eigenvalue weighted by Crippen LogP contribution is -2.46. The number of benzene rings is 2. The lowest BCUT2D eigenvalue weighted by Gasteiger charge is -2.40. The number of fused-ring (bicyclic) bond motifs is 4. The highest BCUT2D eigenvalue weighted by atomic mass is 14.6. The van der Waals surface area contributed by atoms with E-state index < -0.39 is 7.17 Å². The summed E-state index contributed by atoms with van der Waals surface area (Å²) >= 11 is 0. The Hall–Kier alpha value is -1.43. The van der Waals surface area contributed by atoms with E-state index in [0.717, 1.165) is 0 Å². The predicted octanol–water partition coefficient (Wildman–Crippen LogP) is 14.2. The summed E-state index contributed by atoms with van der Waals surface area (Å²) in [6, 6.07) is 5.89. The molecule has 0 aromatic heterocycles. The van der Waals surface area contributed by atoms with Gasteiger partial charge in [-0.2, -0.15) is 0 Å². The topological polar surface area (TPSA) is 0 Å². The van der Waals surface area contributed by atoms with Crippen LogP contribution in [0.4, 0.5) is 0 Å². The molecule has 0 saturated heterocycles. The van der Waals surface area contributed by atoms with Gasteiger partial charge in [-0.1, -0.05) is 134 Å². The molecule has 2 aromatic carbocycles. The third-order valence-corrected chi connectivity index (χ3v) is 21.8. The molecule has 2 heteroatoms. The van der Waals surface area contributed by atoms with Gasteiger partial charge in [0.15, 0.2) is 0 Å². The molecule has 0 fully saturated rings. The van der Waals surface area contributed by atoms with E-state index in [4.69, 9.17) is 0 Å². The van der Waals surface area contributed by atoms with Crippen molar-refractivity contribution in [3.05, 3.63) is 56.6 Å². The van der Waals surface area contributed by atoms with E-state index in [0.29, 0.717) is 43.3 Å². The van der Waals surface area contributed by atoms with Gasteiger partial charge in [-0.3, -0.25) is 0 Å². The highest BCUT2D eigenvalue weighted by Gasteiger charge is 2.57. The maximum atomic E-state index is 2.95. The minimum Gasteiger partial charge on any atom is -0.216 e. The Kier molecular flexibility index (Phi) is 13.0. The number of hydrogen-bond donors (Lipinski definition) is 0. The van der Waals surface area contributed by atoms with Gasteiger partial charge in [0.25, 0.3) is 0 Å². The quantitative estimate of drug-likeness (QED) is 0.124. The van der Waals surface area contributed by atoms with Crippen LogP contribution in [0.25, 0.3) is 0 Å². The monoisotopic (exact) mass is 788 g/mol. The van der Waals surface area contributed by atoms with Crippen LogP contribution in [0.1, 0.15) is 284 Å². The summed E-state index contributed by atoms with van der Waals surface area (Å²) in [7, 11) is 0.832. The molecule has 0 radical (unpaired) electrons. The fourth-order valence-electron chi connectivity index (χ4n) is 17.1. The highest BCUT2D eigenvalue weighted by Crippen LogP contribution is 2.64. The van der Waals surface area contributed by atoms with Crippen molar-refractivity contribution >= 4 is 25.3 Å². The number of hydrogen-bond acceptors (Lipinski definition) is 0. The van der Waals surface area contributed by atoms with Crippen molar-refractivity contribution in [3.8, 4) is 0 Å². The van der Waals surface area contributed by atoms with E-state index >= 15 is 0 Å². The summed E-state index contributed by atoms with van der Waals surface area (Å²) in [5.74, 6) is 0. The summed E-state index contributed by atoms with van der Waals surface area (Å²) < 4.78 is 0. The van der Waals surface area contributed by atoms with E-state index in [2.05, 4.69) is 123 Å². The minimum absolute atomic E-state index is 0.293. The molecule has 0 nitrogen and oxygen atoms in total. The Balaban J connectivity index is 1.79. The summed E-state index contributed by atoms with van der Waals surface area (Å²) in [5, 5.41) is 0. The lowest BCUT2D eigenvalue weighted by atomic mass is 9.30. The van der Waals surface area contributed by atoms with Gasteiger partial charge in [-0.15, -0.1) is 5.46 Å². The summed E-state index contributed by atoms with van der Waals surface area (Å²) in [6.45, 7) is 41.0. The molecule has 0 unspecified atom stereocenters. The first-order valence-electron chi connectivity index (χ1n) is 26.5. The third kappa shape index (κ3) is 5.85. The Labute approximate surface area is 362 Å². The normalized spacial score (nSPS) is 22.8. The van der Waals surface area contributed by atoms with Gasteiger partial charge in [0.1, 0.15) is 0 Å². The van der Waals surface area contributed by atoms with E-state index in [1.54, 1.807) is 0 Å². The third-order valence-electron chi connectivity index (χ3n) is 21.8. The average molecular weight is 788 g/mol. The zero-order valence-electron chi connectivity index (χ0n) is 42.0. The second-order valence-corrected chi connectivity index (χ2v) is 21.9. The minimum atomic E-state index is -0.523. The lowest BCUT2D eigenvalue weighted by molar-refractivity contribution is 0.278. The molecule has 4 aliphatic rings. The average Bonchev–Trinajstić information content (AvgIpc) is 3.95. The molecule has 2 aromatic rings. The molecule has 0 N–H and O–H groups in total. The molecule has 58 heavy (non-hydrogen) atoms. The first-order chi connectivity index (χ1) is 27.7. The zero-order valence-corrected chi connectivity index (χ0v) is 42.0. The van der Waals surface area contributed by atoms with Crippen LogP contribution in [0.15, 0.2) is 12.1 Å². The maximum absolute atomic E-state index is 2.95. The highest BCUT2D eigenvalue weighted by molar-refractivity contribution is 7.13. The van der Waals surface area contributed by atoms with Crippen molar-refractivity contribution in [1.82, 2.24) is 0 Å². The van der Waals surface area contributed by atoms with Crippen LogP contribution in [0, 0.1) is 0 Å².